The van der Waals surface area contributed by atoms with Crippen LogP contribution in [-0.4, -0.2) is 16.7 Å². The van der Waals surface area contributed by atoms with Crippen LogP contribution in [0.5, 0.6) is 0 Å². The van der Waals surface area contributed by atoms with Crippen molar-refractivity contribution in [2.45, 2.75) is 20.4 Å². The Hall–Kier alpha value is -3.96. The largest absolute Gasteiger partial charge is 0.342 e. The number of aromatic nitrogens is 1. The quantitative estimate of drug-likeness (QED) is 0.263. The molecule has 0 aliphatic heterocycles. The normalized spacial score (nSPS) is 11.4. The summed E-state index contributed by atoms with van der Waals surface area (Å²) in [4.78, 5) is 17.6. The highest BCUT2D eigenvalue weighted by molar-refractivity contribution is 7.14. The van der Waals surface area contributed by atoms with Crippen molar-refractivity contribution in [3.05, 3.63) is 118 Å². The third kappa shape index (κ3) is 4.56. The fraction of sp³-hybridized carbons (Fsp3) is 0.103. The van der Waals surface area contributed by atoms with Gasteiger partial charge in [0.2, 0.25) is 0 Å². The zero-order chi connectivity index (χ0) is 23.5. The number of aryl methyl sites for hydroxylation is 2. The van der Waals surface area contributed by atoms with Crippen LogP contribution < -0.4 is 5.32 Å². The van der Waals surface area contributed by atoms with Gasteiger partial charge in [0.05, 0.1) is 5.56 Å². The van der Waals surface area contributed by atoms with Crippen molar-refractivity contribution in [2.24, 2.45) is 4.99 Å². The first-order valence-electron chi connectivity index (χ1n) is 11.2. The second-order valence-electron chi connectivity index (χ2n) is 8.39. The van der Waals surface area contributed by atoms with Crippen LogP contribution >= 0.6 is 11.3 Å². The number of rotatable bonds is 6. The number of fused-ring (bicyclic) bond motifs is 1. The highest BCUT2D eigenvalue weighted by Gasteiger charge is 2.14. The van der Waals surface area contributed by atoms with Gasteiger partial charge < -0.3 is 9.88 Å². The molecule has 1 N–H and O–H groups in total. The number of para-hydroxylation sites is 2. The summed E-state index contributed by atoms with van der Waals surface area (Å²) < 4.78 is 2.26. The standard InChI is InChI=1S/C29H25N3OS/c1-20-8-7-10-22(16-20)18-32-19-23(24-11-4-6-13-27(24)32)17-30-29-25(14-15-34-29)28(33)31-26-12-5-3-9-21(26)2/h3-17,19H,18H2,1-2H3,(H,31,33). The minimum Gasteiger partial charge on any atom is -0.342 e. The van der Waals surface area contributed by atoms with Gasteiger partial charge in [0.15, 0.2) is 0 Å². The van der Waals surface area contributed by atoms with Crippen LogP contribution in [0, 0.1) is 13.8 Å². The van der Waals surface area contributed by atoms with E-state index >= 15 is 0 Å². The van der Waals surface area contributed by atoms with E-state index in [1.54, 1.807) is 0 Å². The summed E-state index contributed by atoms with van der Waals surface area (Å²) in [5, 5.41) is 6.75. The number of benzene rings is 3. The number of carbonyl (C=O) groups is 1. The fourth-order valence-corrected chi connectivity index (χ4v) is 4.86. The van der Waals surface area contributed by atoms with E-state index in [0.29, 0.717) is 10.6 Å². The molecule has 168 valence electrons. The summed E-state index contributed by atoms with van der Waals surface area (Å²) in [5.41, 5.74) is 7.12. The Morgan fingerprint density at radius 2 is 1.82 bits per heavy atom. The van der Waals surface area contributed by atoms with Crippen molar-refractivity contribution in [3.8, 4) is 0 Å². The molecule has 3 aromatic carbocycles. The third-order valence-corrected chi connectivity index (χ3v) is 6.68. The van der Waals surface area contributed by atoms with Gasteiger partial charge in [0.25, 0.3) is 5.91 Å². The van der Waals surface area contributed by atoms with Crippen LogP contribution in [0.1, 0.15) is 32.6 Å². The lowest BCUT2D eigenvalue weighted by atomic mass is 10.1. The van der Waals surface area contributed by atoms with E-state index in [1.807, 2.05) is 54.9 Å². The van der Waals surface area contributed by atoms with Crippen LogP contribution in [0.15, 0.2) is 95.4 Å². The monoisotopic (exact) mass is 463 g/mol. The highest BCUT2D eigenvalue weighted by atomic mass is 32.1. The van der Waals surface area contributed by atoms with E-state index in [0.717, 1.165) is 34.3 Å². The first-order chi connectivity index (χ1) is 16.6. The number of amides is 1. The summed E-state index contributed by atoms with van der Waals surface area (Å²) in [7, 11) is 0. The van der Waals surface area contributed by atoms with E-state index in [-0.39, 0.29) is 5.91 Å². The second-order valence-corrected chi connectivity index (χ2v) is 9.28. The molecule has 2 aromatic heterocycles. The van der Waals surface area contributed by atoms with Gasteiger partial charge in [-0.2, -0.15) is 0 Å². The van der Waals surface area contributed by atoms with Gasteiger partial charge in [0, 0.05) is 41.1 Å². The Morgan fingerprint density at radius 1 is 1.00 bits per heavy atom. The van der Waals surface area contributed by atoms with Crippen molar-refractivity contribution in [1.82, 2.24) is 4.57 Å². The van der Waals surface area contributed by atoms with Gasteiger partial charge in [-0.1, -0.05) is 66.2 Å². The van der Waals surface area contributed by atoms with Gasteiger partial charge in [-0.3, -0.25) is 4.79 Å². The van der Waals surface area contributed by atoms with Gasteiger partial charge in [0.1, 0.15) is 5.00 Å². The minimum absolute atomic E-state index is 0.149. The predicted molar refractivity (Wildman–Crippen MR) is 143 cm³/mol. The number of nitrogens with zero attached hydrogens (tertiary/aromatic N) is 2. The average molecular weight is 464 g/mol. The zero-order valence-electron chi connectivity index (χ0n) is 19.2. The number of aliphatic imine (C=N–C) groups is 1. The van der Waals surface area contributed by atoms with Crippen LogP contribution in [0.25, 0.3) is 10.9 Å². The molecule has 5 rings (SSSR count). The number of anilines is 1. The Balaban J connectivity index is 1.43. The molecule has 0 bridgehead atoms. The maximum absolute atomic E-state index is 12.9. The van der Waals surface area contributed by atoms with E-state index in [9.17, 15) is 4.79 Å². The van der Waals surface area contributed by atoms with Crippen LogP contribution in [0.4, 0.5) is 10.7 Å². The zero-order valence-corrected chi connectivity index (χ0v) is 20.0. The maximum atomic E-state index is 12.9. The molecule has 0 saturated heterocycles. The Labute approximate surface area is 203 Å². The fourth-order valence-electron chi connectivity index (χ4n) is 4.12. The van der Waals surface area contributed by atoms with Crippen molar-refractivity contribution in [3.63, 3.8) is 0 Å². The molecule has 5 heteroatoms. The highest BCUT2D eigenvalue weighted by Crippen LogP contribution is 2.29. The van der Waals surface area contributed by atoms with Gasteiger partial charge in [-0.25, -0.2) is 4.99 Å². The van der Waals surface area contributed by atoms with Crippen LogP contribution in [0.2, 0.25) is 0 Å². The molecule has 0 spiro atoms. The van der Waals surface area contributed by atoms with Crippen LogP contribution in [-0.2, 0) is 6.54 Å². The van der Waals surface area contributed by atoms with Gasteiger partial charge >= 0.3 is 0 Å². The number of thiophene rings is 1. The van der Waals surface area contributed by atoms with E-state index in [2.05, 4.69) is 65.5 Å². The number of nitrogens with one attached hydrogen (secondary N) is 1. The third-order valence-electron chi connectivity index (χ3n) is 5.86. The lowest BCUT2D eigenvalue weighted by Crippen LogP contribution is -2.11. The maximum Gasteiger partial charge on any atom is 0.258 e. The molecule has 4 nitrogen and oxygen atoms in total. The summed E-state index contributed by atoms with van der Waals surface area (Å²) in [6, 6.07) is 26.5. The van der Waals surface area contributed by atoms with Crippen LogP contribution in [0.3, 0.4) is 0 Å². The molecule has 0 atom stereocenters. The molecule has 0 unspecified atom stereocenters. The molecular formula is C29H25N3OS. The summed E-state index contributed by atoms with van der Waals surface area (Å²) in [5.74, 6) is -0.149. The molecule has 0 radical (unpaired) electrons. The van der Waals surface area contributed by atoms with Crippen molar-refractivity contribution >= 4 is 45.0 Å². The first kappa shape index (κ1) is 21.9. The van der Waals surface area contributed by atoms with E-state index < -0.39 is 0 Å². The smallest absolute Gasteiger partial charge is 0.258 e. The molecule has 0 aliphatic carbocycles. The predicted octanol–water partition coefficient (Wildman–Crippen LogP) is 7.37. The number of hydrogen-bond acceptors (Lipinski definition) is 3. The second kappa shape index (κ2) is 9.49. The first-order valence-corrected chi connectivity index (χ1v) is 12.1. The summed E-state index contributed by atoms with van der Waals surface area (Å²) in [6.45, 7) is 4.89. The Morgan fingerprint density at radius 3 is 2.68 bits per heavy atom. The molecule has 5 aromatic rings. The lowest BCUT2D eigenvalue weighted by Gasteiger charge is -2.07. The van der Waals surface area contributed by atoms with Crippen molar-refractivity contribution in [1.29, 1.82) is 0 Å². The van der Waals surface area contributed by atoms with E-state index in [1.165, 1.54) is 22.5 Å². The topological polar surface area (TPSA) is 46.4 Å². The molecule has 1 amide bonds. The van der Waals surface area contributed by atoms with Gasteiger partial charge in [-0.05, 0) is 48.6 Å². The van der Waals surface area contributed by atoms with Gasteiger partial charge in [-0.15, -0.1) is 11.3 Å². The summed E-state index contributed by atoms with van der Waals surface area (Å²) >= 11 is 1.46. The molecule has 34 heavy (non-hydrogen) atoms. The SMILES string of the molecule is Cc1cccc(Cn2cc(C=Nc3sccc3C(=O)Nc3ccccc3C)c3ccccc32)c1. The Bertz CT molecular complexity index is 1510. The minimum atomic E-state index is -0.149. The molecule has 0 saturated carbocycles. The summed E-state index contributed by atoms with van der Waals surface area (Å²) in [6.07, 6.45) is 4.00. The average Bonchev–Trinajstić information content (AvgIpc) is 3.44. The molecule has 0 fully saturated rings. The molecule has 2 heterocycles. The lowest BCUT2D eigenvalue weighted by molar-refractivity contribution is 0.102. The molecule has 0 aliphatic rings. The number of hydrogen-bond donors (Lipinski definition) is 1. The molecular weight excluding hydrogens is 438 g/mol. The van der Waals surface area contributed by atoms with Crippen molar-refractivity contribution in [2.75, 3.05) is 5.32 Å². The Kier molecular flexibility index (Phi) is 6.11. The van der Waals surface area contributed by atoms with Crippen molar-refractivity contribution < 1.29 is 4.79 Å². The number of carbonyl (C=O) groups excluding carboxylic acids is 1. The van der Waals surface area contributed by atoms with E-state index in [4.69, 9.17) is 4.99 Å².